The van der Waals surface area contributed by atoms with Crippen LogP contribution in [-0.4, -0.2) is 30.9 Å². The molecule has 106 valence electrons. The molecule has 1 N–H and O–H groups in total. The van der Waals surface area contributed by atoms with Crippen LogP contribution in [0.2, 0.25) is 0 Å². The van der Waals surface area contributed by atoms with Crippen molar-refractivity contribution in [3.63, 3.8) is 0 Å². The average Bonchev–Trinajstić information content (AvgIpc) is 3.13. The van der Waals surface area contributed by atoms with E-state index in [4.69, 9.17) is 5.10 Å². The largest absolute Gasteiger partial charge is 0.370 e. The molecule has 0 spiro atoms. The van der Waals surface area contributed by atoms with Crippen molar-refractivity contribution >= 4 is 5.82 Å². The summed E-state index contributed by atoms with van der Waals surface area (Å²) in [5, 5.41) is 8.14. The van der Waals surface area contributed by atoms with E-state index in [9.17, 15) is 0 Å². The van der Waals surface area contributed by atoms with Crippen LogP contribution in [0.4, 0.5) is 5.82 Å². The molecule has 1 aliphatic heterocycles. The summed E-state index contributed by atoms with van der Waals surface area (Å²) in [6.45, 7) is 0.924. The predicted molar refractivity (Wildman–Crippen MR) is 79.9 cm³/mol. The molecule has 3 aromatic rings. The van der Waals surface area contributed by atoms with Gasteiger partial charge < -0.3 is 9.88 Å². The summed E-state index contributed by atoms with van der Waals surface area (Å²) < 4.78 is 4.00. The Morgan fingerprint density at radius 2 is 2.19 bits per heavy atom. The molecule has 0 fully saturated rings. The van der Waals surface area contributed by atoms with Gasteiger partial charge in [-0.3, -0.25) is 4.98 Å². The van der Waals surface area contributed by atoms with E-state index >= 15 is 0 Å². The average molecular weight is 280 g/mol. The molecule has 0 amide bonds. The molecule has 0 aliphatic carbocycles. The normalized spacial score (nSPS) is 17.3. The first-order chi connectivity index (χ1) is 10.3. The first kappa shape index (κ1) is 12.1. The van der Waals surface area contributed by atoms with E-state index in [1.165, 1.54) is 0 Å². The predicted octanol–water partition coefficient (Wildman–Crippen LogP) is 2.08. The van der Waals surface area contributed by atoms with Gasteiger partial charge in [-0.15, -0.1) is 0 Å². The highest BCUT2D eigenvalue weighted by atomic mass is 15.4. The molecule has 0 radical (unpaired) electrons. The second-order valence-corrected chi connectivity index (χ2v) is 5.21. The van der Waals surface area contributed by atoms with Gasteiger partial charge in [0.05, 0.1) is 11.7 Å². The van der Waals surface area contributed by atoms with Gasteiger partial charge in [-0.2, -0.15) is 5.10 Å². The fourth-order valence-corrected chi connectivity index (χ4v) is 2.79. The Morgan fingerprint density at radius 3 is 2.95 bits per heavy atom. The number of nitrogens with zero attached hydrogens (tertiary/aromatic N) is 5. The summed E-state index contributed by atoms with van der Waals surface area (Å²) in [5.74, 6) is 1.90. The van der Waals surface area contributed by atoms with Crippen molar-refractivity contribution in [2.75, 3.05) is 11.9 Å². The van der Waals surface area contributed by atoms with Crippen LogP contribution in [0.1, 0.15) is 18.2 Å². The van der Waals surface area contributed by atoms with Gasteiger partial charge in [0, 0.05) is 38.2 Å². The van der Waals surface area contributed by atoms with Crippen molar-refractivity contribution in [2.45, 2.75) is 12.5 Å². The van der Waals surface area contributed by atoms with E-state index in [-0.39, 0.29) is 6.04 Å². The summed E-state index contributed by atoms with van der Waals surface area (Å²) in [4.78, 5) is 8.85. The third kappa shape index (κ3) is 1.99. The number of anilines is 1. The van der Waals surface area contributed by atoms with Gasteiger partial charge in [0.25, 0.3) is 0 Å². The standard InChI is InChI=1S/C15H16N6/c1-20-9-8-18-15(20)12-10-14-17-7-5-13(21(14)19-12)11-4-2-3-6-16-11/h2-4,6,8-10,13,17H,5,7H2,1H3. The van der Waals surface area contributed by atoms with Crippen LogP contribution < -0.4 is 5.32 Å². The molecule has 1 atom stereocenters. The van der Waals surface area contributed by atoms with Gasteiger partial charge in [0.2, 0.25) is 0 Å². The third-order valence-electron chi connectivity index (χ3n) is 3.83. The fourth-order valence-electron chi connectivity index (χ4n) is 2.79. The van der Waals surface area contributed by atoms with Crippen LogP contribution in [0.25, 0.3) is 11.5 Å². The summed E-state index contributed by atoms with van der Waals surface area (Å²) in [7, 11) is 1.98. The highest BCUT2D eigenvalue weighted by Crippen LogP contribution is 2.31. The van der Waals surface area contributed by atoms with E-state index in [2.05, 4.69) is 27.4 Å². The molecule has 0 bridgehead atoms. The Kier molecular flexibility index (Phi) is 2.73. The Morgan fingerprint density at radius 1 is 1.24 bits per heavy atom. The maximum atomic E-state index is 4.74. The van der Waals surface area contributed by atoms with E-state index < -0.39 is 0 Å². The summed E-state index contributed by atoms with van der Waals surface area (Å²) in [6.07, 6.45) is 6.53. The molecular weight excluding hydrogens is 264 g/mol. The van der Waals surface area contributed by atoms with Crippen molar-refractivity contribution in [3.8, 4) is 11.5 Å². The van der Waals surface area contributed by atoms with Crippen LogP contribution >= 0.6 is 0 Å². The Labute approximate surface area is 122 Å². The van der Waals surface area contributed by atoms with Gasteiger partial charge in [-0.25, -0.2) is 9.67 Å². The quantitative estimate of drug-likeness (QED) is 0.781. The van der Waals surface area contributed by atoms with Gasteiger partial charge >= 0.3 is 0 Å². The maximum absolute atomic E-state index is 4.74. The number of hydrogen-bond donors (Lipinski definition) is 1. The number of rotatable bonds is 2. The van der Waals surface area contributed by atoms with Crippen LogP contribution in [0, 0.1) is 0 Å². The van der Waals surface area contributed by atoms with Crippen LogP contribution in [0.3, 0.4) is 0 Å². The lowest BCUT2D eigenvalue weighted by atomic mass is 10.1. The fraction of sp³-hybridized carbons (Fsp3) is 0.267. The molecule has 6 heteroatoms. The molecule has 0 aromatic carbocycles. The van der Waals surface area contributed by atoms with Crippen molar-refractivity contribution in [3.05, 3.63) is 48.5 Å². The number of nitrogens with one attached hydrogen (secondary N) is 1. The lowest BCUT2D eigenvalue weighted by molar-refractivity contribution is 0.472. The Hall–Kier alpha value is -2.63. The molecule has 4 heterocycles. The van der Waals surface area contributed by atoms with E-state index in [0.717, 1.165) is 36.0 Å². The molecule has 0 saturated carbocycles. The van der Waals surface area contributed by atoms with Gasteiger partial charge in [0.1, 0.15) is 11.5 Å². The van der Waals surface area contributed by atoms with Crippen LogP contribution in [0.5, 0.6) is 0 Å². The van der Waals surface area contributed by atoms with Gasteiger partial charge in [-0.05, 0) is 18.6 Å². The lowest BCUT2D eigenvalue weighted by Gasteiger charge is -2.25. The number of aromatic nitrogens is 5. The molecule has 0 saturated heterocycles. The second kappa shape index (κ2) is 4.73. The second-order valence-electron chi connectivity index (χ2n) is 5.21. The monoisotopic (exact) mass is 280 g/mol. The van der Waals surface area contributed by atoms with E-state index in [0.29, 0.717) is 0 Å². The number of aryl methyl sites for hydroxylation is 1. The molecule has 3 aromatic heterocycles. The minimum Gasteiger partial charge on any atom is -0.370 e. The molecule has 21 heavy (non-hydrogen) atoms. The van der Waals surface area contributed by atoms with Crippen LogP contribution in [-0.2, 0) is 7.05 Å². The zero-order chi connectivity index (χ0) is 14.2. The first-order valence-electron chi connectivity index (χ1n) is 7.05. The van der Waals surface area contributed by atoms with Crippen LogP contribution in [0.15, 0.2) is 42.9 Å². The van der Waals surface area contributed by atoms with E-state index in [1.807, 2.05) is 40.8 Å². The lowest BCUT2D eigenvalue weighted by Crippen LogP contribution is -2.24. The van der Waals surface area contributed by atoms with Crippen molar-refractivity contribution in [1.29, 1.82) is 0 Å². The Balaban J connectivity index is 1.79. The maximum Gasteiger partial charge on any atom is 0.160 e. The summed E-state index contributed by atoms with van der Waals surface area (Å²) in [5.41, 5.74) is 1.93. The molecule has 6 nitrogen and oxygen atoms in total. The first-order valence-corrected chi connectivity index (χ1v) is 7.05. The summed E-state index contributed by atoms with van der Waals surface area (Å²) in [6, 6.07) is 8.25. The van der Waals surface area contributed by atoms with Crippen molar-refractivity contribution < 1.29 is 0 Å². The highest BCUT2D eigenvalue weighted by molar-refractivity contribution is 5.57. The SMILES string of the molecule is Cn1ccnc1-c1cc2n(n1)C(c1ccccn1)CCN2. The smallest absolute Gasteiger partial charge is 0.160 e. The zero-order valence-electron chi connectivity index (χ0n) is 11.8. The molecule has 1 unspecified atom stereocenters. The molecule has 4 rings (SSSR count). The van der Waals surface area contributed by atoms with Gasteiger partial charge in [0.15, 0.2) is 5.82 Å². The minimum absolute atomic E-state index is 0.177. The minimum atomic E-state index is 0.177. The summed E-state index contributed by atoms with van der Waals surface area (Å²) >= 11 is 0. The van der Waals surface area contributed by atoms with Gasteiger partial charge in [-0.1, -0.05) is 6.07 Å². The van der Waals surface area contributed by atoms with E-state index in [1.54, 1.807) is 6.20 Å². The highest BCUT2D eigenvalue weighted by Gasteiger charge is 2.25. The van der Waals surface area contributed by atoms with Crippen molar-refractivity contribution in [2.24, 2.45) is 7.05 Å². The van der Waals surface area contributed by atoms with Crippen molar-refractivity contribution in [1.82, 2.24) is 24.3 Å². The number of pyridine rings is 1. The number of imidazole rings is 1. The topological polar surface area (TPSA) is 60.6 Å². The zero-order valence-corrected chi connectivity index (χ0v) is 11.8. The molecule has 1 aliphatic rings. The molecular formula is C15H16N6. The number of fused-ring (bicyclic) bond motifs is 1. The third-order valence-corrected chi connectivity index (χ3v) is 3.83. The number of hydrogen-bond acceptors (Lipinski definition) is 4. The Bertz CT molecular complexity index is 758.